The molecule has 1 aliphatic rings. The van der Waals surface area contributed by atoms with Gasteiger partial charge in [-0.2, -0.15) is 0 Å². The molecule has 1 saturated heterocycles. The summed E-state index contributed by atoms with van der Waals surface area (Å²) in [7, 11) is 1.34. The number of carbonyl (C=O) groups excluding carboxylic acids is 2. The highest BCUT2D eigenvalue weighted by Crippen LogP contribution is 2.53. The van der Waals surface area contributed by atoms with Crippen LogP contribution in [0.25, 0.3) is 0 Å². The predicted molar refractivity (Wildman–Crippen MR) is 118 cm³/mol. The minimum Gasteiger partial charge on any atom is -0.465 e. The number of amides is 1. The van der Waals surface area contributed by atoms with E-state index in [1.807, 2.05) is 29.6 Å². The summed E-state index contributed by atoms with van der Waals surface area (Å²) in [6.07, 6.45) is 3.47. The van der Waals surface area contributed by atoms with E-state index in [1.165, 1.54) is 19.1 Å². The number of benzene rings is 2. The number of nitrogens with one attached hydrogen (secondary N) is 1. The standard InChI is InChI=1S/C22H25NO3S2/c1-26-21(25)17-8-5-11-19(16-17)23-20(24)12-6-13-22(27-14-7-15-28-22)18-9-3-2-4-10-18/h2-5,8-11,16H,6-7,12-15H2,1H3,(H,23,24). The molecule has 1 aliphatic heterocycles. The first kappa shape index (κ1) is 20.8. The third-order valence-electron chi connectivity index (χ3n) is 4.65. The van der Waals surface area contributed by atoms with Gasteiger partial charge in [0.15, 0.2) is 0 Å². The molecule has 1 fully saturated rings. The maximum atomic E-state index is 12.4. The zero-order valence-electron chi connectivity index (χ0n) is 16.0. The van der Waals surface area contributed by atoms with Crippen LogP contribution < -0.4 is 5.32 Å². The number of anilines is 1. The molecule has 148 valence electrons. The Morgan fingerprint density at radius 2 is 1.82 bits per heavy atom. The molecule has 3 rings (SSSR count). The van der Waals surface area contributed by atoms with Crippen LogP contribution in [0.5, 0.6) is 0 Å². The third-order valence-corrected chi connectivity index (χ3v) is 8.15. The van der Waals surface area contributed by atoms with E-state index in [4.69, 9.17) is 4.74 Å². The van der Waals surface area contributed by atoms with Gasteiger partial charge < -0.3 is 10.1 Å². The van der Waals surface area contributed by atoms with E-state index < -0.39 is 5.97 Å². The van der Waals surface area contributed by atoms with Crippen LogP contribution in [0.1, 0.15) is 41.6 Å². The number of ether oxygens (including phenoxy) is 1. The number of hydrogen-bond donors (Lipinski definition) is 1. The summed E-state index contributed by atoms with van der Waals surface area (Å²) in [6.45, 7) is 0. The maximum absolute atomic E-state index is 12.4. The van der Waals surface area contributed by atoms with Gasteiger partial charge in [0.25, 0.3) is 0 Å². The van der Waals surface area contributed by atoms with E-state index in [0.29, 0.717) is 17.7 Å². The molecule has 28 heavy (non-hydrogen) atoms. The topological polar surface area (TPSA) is 55.4 Å². The summed E-state index contributed by atoms with van der Waals surface area (Å²) >= 11 is 4.01. The highest BCUT2D eigenvalue weighted by Gasteiger charge is 2.35. The average Bonchev–Trinajstić information content (AvgIpc) is 2.74. The van der Waals surface area contributed by atoms with Crippen LogP contribution in [0.4, 0.5) is 5.69 Å². The van der Waals surface area contributed by atoms with E-state index in [1.54, 1.807) is 24.3 Å². The number of methoxy groups -OCH3 is 1. The van der Waals surface area contributed by atoms with Crippen LogP contribution >= 0.6 is 23.5 Å². The zero-order valence-corrected chi connectivity index (χ0v) is 17.6. The second kappa shape index (κ2) is 10.0. The second-order valence-corrected chi connectivity index (χ2v) is 9.69. The van der Waals surface area contributed by atoms with Crippen molar-refractivity contribution in [3.8, 4) is 0 Å². The Labute approximate surface area is 174 Å². The van der Waals surface area contributed by atoms with E-state index in [-0.39, 0.29) is 9.99 Å². The lowest BCUT2D eigenvalue weighted by Gasteiger charge is -2.36. The molecule has 1 heterocycles. The van der Waals surface area contributed by atoms with Gasteiger partial charge in [-0.15, -0.1) is 23.5 Å². The van der Waals surface area contributed by atoms with Crippen LogP contribution in [0.2, 0.25) is 0 Å². The predicted octanol–water partition coefficient (Wildman–Crippen LogP) is 5.31. The number of carbonyl (C=O) groups is 2. The number of hydrogen-bond acceptors (Lipinski definition) is 5. The van der Waals surface area contributed by atoms with Crippen LogP contribution in [-0.4, -0.2) is 30.5 Å². The van der Waals surface area contributed by atoms with Crippen molar-refractivity contribution in [1.29, 1.82) is 0 Å². The minimum absolute atomic E-state index is 0.0314. The summed E-state index contributed by atoms with van der Waals surface area (Å²) in [5.74, 6) is 1.88. The van der Waals surface area contributed by atoms with Crippen molar-refractivity contribution in [3.63, 3.8) is 0 Å². The molecule has 0 saturated carbocycles. The third kappa shape index (κ3) is 5.32. The lowest BCUT2D eigenvalue weighted by Crippen LogP contribution is -2.23. The Kier molecular flexibility index (Phi) is 7.45. The van der Waals surface area contributed by atoms with Crippen molar-refractivity contribution in [2.24, 2.45) is 0 Å². The molecule has 0 aromatic heterocycles. The molecule has 0 bridgehead atoms. The van der Waals surface area contributed by atoms with Gasteiger partial charge in [0.2, 0.25) is 5.91 Å². The number of rotatable bonds is 7. The lowest BCUT2D eigenvalue weighted by atomic mass is 10.1. The smallest absolute Gasteiger partial charge is 0.337 e. The quantitative estimate of drug-likeness (QED) is 0.622. The van der Waals surface area contributed by atoms with Gasteiger partial charge >= 0.3 is 5.97 Å². The fraction of sp³-hybridized carbons (Fsp3) is 0.364. The van der Waals surface area contributed by atoms with Gasteiger partial charge in [-0.25, -0.2) is 4.79 Å². The van der Waals surface area contributed by atoms with Crippen LogP contribution in [0.15, 0.2) is 54.6 Å². The van der Waals surface area contributed by atoms with Crippen molar-refractivity contribution >= 4 is 41.1 Å². The Morgan fingerprint density at radius 3 is 2.54 bits per heavy atom. The fourth-order valence-corrected chi connectivity index (χ4v) is 6.70. The summed E-state index contributed by atoms with van der Waals surface area (Å²) in [5.41, 5.74) is 2.39. The zero-order chi connectivity index (χ0) is 19.8. The Morgan fingerprint density at radius 1 is 1.07 bits per heavy atom. The summed E-state index contributed by atoms with van der Waals surface area (Å²) in [6, 6.07) is 17.5. The van der Waals surface area contributed by atoms with E-state index in [0.717, 1.165) is 24.3 Å². The fourth-order valence-electron chi connectivity index (χ4n) is 3.27. The van der Waals surface area contributed by atoms with E-state index >= 15 is 0 Å². The normalized spacial score (nSPS) is 15.6. The number of thioether (sulfide) groups is 2. The second-order valence-electron chi connectivity index (χ2n) is 6.64. The molecule has 1 N–H and O–H groups in total. The average molecular weight is 416 g/mol. The molecule has 0 spiro atoms. The van der Waals surface area contributed by atoms with Gasteiger partial charge in [-0.3, -0.25) is 4.79 Å². The molecule has 0 unspecified atom stereocenters. The molecule has 0 atom stereocenters. The monoisotopic (exact) mass is 415 g/mol. The summed E-state index contributed by atoms with van der Waals surface area (Å²) in [5, 5.41) is 2.89. The molecule has 6 heteroatoms. The lowest BCUT2D eigenvalue weighted by molar-refractivity contribution is -0.116. The van der Waals surface area contributed by atoms with Crippen molar-refractivity contribution in [1.82, 2.24) is 0 Å². The Bertz CT molecular complexity index is 804. The molecule has 1 amide bonds. The first-order valence-corrected chi connectivity index (χ1v) is 11.4. The Hall–Kier alpha value is -1.92. The van der Waals surface area contributed by atoms with Crippen LogP contribution in [0, 0.1) is 0 Å². The highest BCUT2D eigenvalue weighted by atomic mass is 32.2. The largest absolute Gasteiger partial charge is 0.465 e. The van der Waals surface area contributed by atoms with Crippen molar-refractivity contribution in [3.05, 3.63) is 65.7 Å². The number of esters is 1. The molecular weight excluding hydrogens is 390 g/mol. The first-order valence-electron chi connectivity index (χ1n) is 9.45. The maximum Gasteiger partial charge on any atom is 0.337 e. The molecule has 0 aliphatic carbocycles. The summed E-state index contributed by atoms with van der Waals surface area (Å²) < 4.78 is 4.77. The van der Waals surface area contributed by atoms with E-state index in [9.17, 15) is 9.59 Å². The molecule has 4 nitrogen and oxygen atoms in total. The summed E-state index contributed by atoms with van der Waals surface area (Å²) in [4.78, 5) is 24.0. The van der Waals surface area contributed by atoms with Crippen molar-refractivity contribution < 1.29 is 14.3 Å². The van der Waals surface area contributed by atoms with Crippen molar-refractivity contribution in [2.75, 3.05) is 23.9 Å². The SMILES string of the molecule is COC(=O)c1cccc(NC(=O)CCCC2(c3ccccc3)SCCCS2)c1. The molecular formula is C22H25NO3S2. The van der Waals surface area contributed by atoms with Crippen molar-refractivity contribution in [2.45, 2.75) is 29.8 Å². The van der Waals surface area contributed by atoms with Gasteiger partial charge in [-0.05, 0) is 54.5 Å². The molecule has 2 aromatic rings. The minimum atomic E-state index is -0.410. The van der Waals surface area contributed by atoms with Gasteiger partial charge in [0.05, 0.1) is 16.8 Å². The molecule has 0 radical (unpaired) electrons. The van der Waals surface area contributed by atoms with Gasteiger partial charge in [0, 0.05) is 12.1 Å². The van der Waals surface area contributed by atoms with Gasteiger partial charge in [0.1, 0.15) is 0 Å². The highest BCUT2D eigenvalue weighted by molar-refractivity contribution is 8.18. The van der Waals surface area contributed by atoms with Gasteiger partial charge in [-0.1, -0.05) is 36.4 Å². The molecule has 2 aromatic carbocycles. The Balaban J connectivity index is 1.57. The van der Waals surface area contributed by atoms with Crippen LogP contribution in [0.3, 0.4) is 0 Å². The van der Waals surface area contributed by atoms with E-state index in [2.05, 4.69) is 29.6 Å². The van der Waals surface area contributed by atoms with Crippen LogP contribution in [-0.2, 0) is 13.6 Å². The first-order chi connectivity index (χ1) is 13.6.